The monoisotopic (exact) mass is 323 g/mol. The molecule has 1 heterocycles. The van der Waals surface area contributed by atoms with Crippen molar-refractivity contribution in [3.05, 3.63) is 45.1 Å². The summed E-state index contributed by atoms with van der Waals surface area (Å²) < 4.78 is 0.752. The molecule has 112 valence electrons. The molecule has 0 saturated carbocycles. The summed E-state index contributed by atoms with van der Waals surface area (Å²) in [4.78, 5) is 13.0. The molecule has 0 aliphatic carbocycles. The van der Waals surface area contributed by atoms with Gasteiger partial charge in [-0.3, -0.25) is 4.79 Å². The molecular weight excluding hydrogens is 306 g/mol. The minimum atomic E-state index is -0.104. The van der Waals surface area contributed by atoms with Gasteiger partial charge in [-0.2, -0.15) is 0 Å². The summed E-state index contributed by atoms with van der Waals surface area (Å²) >= 11 is 7.48. The van der Waals surface area contributed by atoms with E-state index in [1.54, 1.807) is 18.2 Å². The Kier molecular flexibility index (Phi) is 5.09. The van der Waals surface area contributed by atoms with Crippen LogP contribution in [0.5, 0.6) is 0 Å². The number of thiophene rings is 1. The smallest absolute Gasteiger partial charge is 0.251 e. The van der Waals surface area contributed by atoms with Crippen molar-refractivity contribution in [1.82, 2.24) is 5.32 Å². The van der Waals surface area contributed by atoms with Crippen molar-refractivity contribution >= 4 is 40.2 Å². The zero-order valence-corrected chi connectivity index (χ0v) is 13.5. The number of hydrogen-bond acceptors (Lipinski definition) is 4. The number of anilines is 2. The molecule has 0 radical (unpaired) electrons. The Morgan fingerprint density at radius 3 is 2.76 bits per heavy atom. The molecule has 2 rings (SSSR count). The van der Waals surface area contributed by atoms with Gasteiger partial charge in [0.15, 0.2) is 0 Å². The molecule has 1 atom stereocenters. The van der Waals surface area contributed by atoms with Crippen LogP contribution in [0.3, 0.4) is 0 Å². The van der Waals surface area contributed by atoms with Crippen molar-refractivity contribution in [2.45, 2.75) is 19.9 Å². The number of nitrogen functional groups attached to an aromatic ring is 1. The molecule has 0 spiro atoms. The molecule has 4 nitrogen and oxygen atoms in total. The molecule has 1 amide bonds. The van der Waals surface area contributed by atoms with E-state index in [1.165, 1.54) is 11.3 Å². The van der Waals surface area contributed by atoms with E-state index in [2.05, 4.69) is 10.6 Å². The van der Waals surface area contributed by atoms with Crippen molar-refractivity contribution in [2.75, 3.05) is 17.6 Å². The fourth-order valence-corrected chi connectivity index (χ4v) is 3.01. The third-order valence-corrected chi connectivity index (χ3v) is 4.46. The largest absolute Gasteiger partial charge is 0.397 e. The standard InChI is InChI=1S/C15H18ClN3OS/c1-3-18-15(20)10-4-5-11(17)12(8-10)19-9(2)13-6-7-14(16)21-13/h4-9,19H,3,17H2,1-2H3,(H,18,20). The first kappa shape index (κ1) is 15.7. The number of rotatable bonds is 5. The van der Waals surface area contributed by atoms with E-state index >= 15 is 0 Å². The van der Waals surface area contributed by atoms with Gasteiger partial charge in [0, 0.05) is 17.0 Å². The van der Waals surface area contributed by atoms with Gasteiger partial charge in [-0.25, -0.2) is 0 Å². The first-order valence-corrected chi connectivity index (χ1v) is 7.90. The minimum absolute atomic E-state index is 0.0642. The average Bonchev–Trinajstić information content (AvgIpc) is 2.88. The maximum atomic E-state index is 11.9. The maximum absolute atomic E-state index is 11.9. The lowest BCUT2D eigenvalue weighted by atomic mass is 10.1. The van der Waals surface area contributed by atoms with Gasteiger partial charge in [-0.05, 0) is 44.2 Å². The molecule has 0 bridgehead atoms. The zero-order valence-electron chi connectivity index (χ0n) is 11.9. The van der Waals surface area contributed by atoms with Gasteiger partial charge in [-0.15, -0.1) is 11.3 Å². The molecule has 0 aliphatic rings. The van der Waals surface area contributed by atoms with Gasteiger partial charge >= 0.3 is 0 Å². The predicted molar refractivity (Wildman–Crippen MR) is 90.2 cm³/mol. The van der Waals surface area contributed by atoms with Crippen LogP contribution in [0, 0.1) is 0 Å². The van der Waals surface area contributed by atoms with E-state index in [-0.39, 0.29) is 11.9 Å². The SMILES string of the molecule is CCNC(=O)c1ccc(N)c(NC(C)c2ccc(Cl)s2)c1. The van der Waals surface area contributed by atoms with Gasteiger partial charge in [0.05, 0.1) is 21.8 Å². The average molecular weight is 324 g/mol. The molecule has 2 aromatic rings. The molecule has 1 aromatic heterocycles. The van der Waals surface area contributed by atoms with Gasteiger partial charge < -0.3 is 16.4 Å². The van der Waals surface area contributed by atoms with E-state index in [9.17, 15) is 4.79 Å². The van der Waals surface area contributed by atoms with Gasteiger partial charge in [0.25, 0.3) is 5.91 Å². The summed E-state index contributed by atoms with van der Waals surface area (Å²) in [7, 11) is 0. The summed E-state index contributed by atoms with van der Waals surface area (Å²) in [6.07, 6.45) is 0. The Hall–Kier alpha value is -1.72. The maximum Gasteiger partial charge on any atom is 0.251 e. The number of hydrogen-bond donors (Lipinski definition) is 3. The van der Waals surface area contributed by atoms with E-state index in [0.717, 1.165) is 14.9 Å². The second-order valence-corrected chi connectivity index (χ2v) is 6.42. The molecule has 1 unspecified atom stereocenters. The van der Waals surface area contributed by atoms with Crippen molar-refractivity contribution in [3.63, 3.8) is 0 Å². The number of carbonyl (C=O) groups excluding carboxylic acids is 1. The van der Waals surface area contributed by atoms with E-state index in [0.29, 0.717) is 17.8 Å². The highest BCUT2D eigenvalue weighted by atomic mass is 35.5. The highest BCUT2D eigenvalue weighted by Crippen LogP contribution is 2.31. The lowest BCUT2D eigenvalue weighted by Crippen LogP contribution is -2.22. The Balaban J connectivity index is 2.19. The minimum Gasteiger partial charge on any atom is -0.397 e. The van der Waals surface area contributed by atoms with Crippen LogP contribution in [0.25, 0.3) is 0 Å². The normalized spacial score (nSPS) is 12.0. The number of halogens is 1. The Morgan fingerprint density at radius 1 is 1.38 bits per heavy atom. The van der Waals surface area contributed by atoms with Crippen LogP contribution in [0.1, 0.15) is 35.1 Å². The van der Waals surface area contributed by atoms with Crippen LogP contribution in [0.4, 0.5) is 11.4 Å². The predicted octanol–water partition coefficient (Wildman–Crippen LogP) is 3.91. The first-order chi connectivity index (χ1) is 10.0. The van der Waals surface area contributed by atoms with Crippen LogP contribution in [-0.2, 0) is 0 Å². The van der Waals surface area contributed by atoms with E-state index in [1.807, 2.05) is 26.0 Å². The fraction of sp³-hybridized carbons (Fsp3) is 0.267. The summed E-state index contributed by atoms with van der Waals surface area (Å²) in [5.74, 6) is -0.104. The molecule has 0 fully saturated rings. The summed E-state index contributed by atoms with van der Waals surface area (Å²) in [5, 5.41) is 6.10. The molecule has 6 heteroatoms. The lowest BCUT2D eigenvalue weighted by Gasteiger charge is -2.16. The zero-order chi connectivity index (χ0) is 15.4. The number of benzene rings is 1. The molecule has 21 heavy (non-hydrogen) atoms. The van der Waals surface area contributed by atoms with E-state index in [4.69, 9.17) is 17.3 Å². The summed E-state index contributed by atoms with van der Waals surface area (Å²) in [6, 6.07) is 9.14. The van der Waals surface area contributed by atoms with Gasteiger partial charge in [-0.1, -0.05) is 11.6 Å². The molecule has 0 aliphatic heterocycles. The highest BCUT2D eigenvalue weighted by molar-refractivity contribution is 7.16. The van der Waals surface area contributed by atoms with Crippen molar-refractivity contribution in [3.8, 4) is 0 Å². The molecule has 4 N–H and O–H groups in total. The second-order valence-electron chi connectivity index (χ2n) is 4.67. The van der Waals surface area contributed by atoms with Crippen LogP contribution in [-0.4, -0.2) is 12.5 Å². The van der Waals surface area contributed by atoms with Crippen LogP contribution < -0.4 is 16.4 Å². The molecule has 1 aromatic carbocycles. The molecular formula is C15H18ClN3OS. The Morgan fingerprint density at radius 2 is 2.14 bits per heavy atom. The highest BCUT2D eigenvalue weighted by Gasteiger charge is 2.12. The number of nitrogens with two attached hydrogens (primary N) is 1. The Labute approximate surface area is 133 Å². The van der Waals surface area contributed by atoms with E-state index < -0.39 is 0 Å². The number of carbonyl (C=O) groups is 1. The molecule has 0 saturated heterocycles. The van der Waals surface area contributed by atoms with Crippen LogP contribution in [0.15, 0.2) is 30.3 Å². The number of nitrogens with one attached hydrogen (secondary N) is 2. The Bertz CT molecular complexity index is 642. The van der Waals surface area contributed by atoms with Gasteiger partial charge in [0.1, 0.15) is 0 Å². The van der Waals surface area contributed by atoms with Crippen molar-refractivity contribution in [1.29, 1.82) is 0 Å². The third kappa shape index (κ3) is 3.89. The summed E-state index contributed by atoms with van der Waals surface area (Å²) in [5.41, 5.74) is 7.92. The quantitative estimate of drug-likeness (QED) is 0.731. The second kappa shape index (κ2) is 6.83. The van der Waals surface area contributed by atoms with Crippen LogP contribution >= 0.6 is 22.9 Å². The third-order valence-electron chi connectivity index (χ3n) is 3.05. The van der Waals surface area contributed by atoms with Gasteiger partial charge in [0.2, 0.25) is 0 Å². The summed E-state index contributed by atoms with van der Waals surface area (Å²) in [6.45, 7) is 4.51. The topological polar surface area (TPSA) is 67.2 Å². The lowest BCUT2D eigenvalue weighted by molar-refractivity contribution is 0.0956. The number of amides is 1. The fourth-order valence-electron chi connectivity index (χ4n) is 1.95. The first-order valence-electron chi connectivity index (χ1n) is 6.70. The van der Waals surface area contributed by atoms with Crippen molar-refractivity contribution < 1.29 is 4.79 Å². The van der Waals surface area contributed by atoms with Crippen molar-refractivity contribution in [2.24, 2.45) is 0 Å². The van der Waals surface area contributed by atoms with Crippen LogP contribution in [0.2, 0.25) is 4.34 Å².